The maximum absolute atomic E-state index is 12.4. The quantitative estimate of drug-likeness (QED) is 0.406. The molecule has 2 atom stereocenters. The molecule has 0 aromatic heterocycles. The summed E-state index contributed by atoms with van der Waals surface area (Å²) < 4.78 is 15.4. The van der Waals surface area contributed by atoms with Gasteiger partial charge in [0.25, 0.3) is 0 Å². The second-order valence-corrected chi connectivity index (χ2v) is 8.12. The van der Waals surface area contributed by atoms with Crippen LogP contribution in [0.15, 0.2) is 72.8 Å². The number of esters is 1. The lowest BCUT2D eigenvalue weighted by Crippen LogP contribution is -2.36. The number of carbonyl (C=O) groups is 2. The fourth-order valence-electron chi connectivity index (χ4n) is 4.21. The van der Waals surface area contributed by atoms with Gasteiger partial charge in [0.15, 0.2) is 6.61 Å². The molecule has 1 aliphatic rings. The first-order valence-electron chi connectivity index (χ1n) is 11.2. The van der Waals surface area contributed by atoms with E-state index < -0.39 is 24.3 Å². The van der Waals surface area contributed by atoms with Crippen LogP contribution in [-0.4, -0.2) is 55.2 Å². The highest BCUT2D eigenvalue weighted by atomic mass is 16.6. The number of carbonyl (C=O) groups excluding carboxylic acids is 2. The average molecular weight is 478 g/mol. The number of methoxy groups -OCH3 is 1. The molecular formula is C27H27NO7. The first kappa shape index (κ1) is 24.3. The van der Waals surface area contributed by atoms with Crippen LogP contribution in [0.1, 0.15) is 28.7 Å². The van der Waals surface area contributed by atoms with E-state index in [2.05, 4.69) is 22.2 Å². The van der Waals surface area contributed by atoms with Gasteiger partial charge in [0.05, 0.1) is 7.11 Å². The second kappa shape index (κ2) is 11.0. The molecule has 0 spiro atoms. The number of para-hydroxylation sites is 1. The van der Waals surface area contributed by atoms with Gasteiger partial charge in [0.2, 0.25) is 0 Å². The fourth-order valence-corrected chi connectivity index (χ4v) is 4.21. The van der Waals surface area contributed by atoms with Crippen molar-refractivity contribution in [3.05, 3.63) is 89.5 Å². The molecule has 0 aliphatic heterocycles. The minimum absolute atomic E-state index is 0.0810. The molecule has 0 saturated carbocycles. The molecule has 4 rings (SSSR count). The lowest BCUT2D eigenvalue weighted by molar-refractivity contribution is -0.142. The molecule has 3 N–H and O–H groups in total. The van der Waals surface area contributed by atoms with E-state index in [9.17, 15) is 19.8 Å². The Labute approximate surface area is 203 Å². The molecule has 1 amide bonds. The monoisotopic (exact) mass is 477 g/mol. The van der Waals surface area contributed by atoms with Crippen LogP contribution in [-0.2, 0) is 14.3 Å². The Morgan fingerprint density at radius 3 is 2.17 bits per heavy atom. The zero-order chi connectivity index (χ0) is 24.8. The molecule has 8 heteroatoms. The number of hydrogen-bond donors (Lipinski definition) is 3. The van der Waals surface area contributed by atoms with Gasteiger partial charge < -0.3 is 29.7 Å². The van der Waals surface area contributed by atoms with Gasteiger partial charge in [-0.3, -0.25) is 0 Å². The SMILES string of the molecule is COC(=O)COc1ccccc1C(O)C(O)CNC(=O)OCC1c2ccccc2-c2ccccc21. The van der Waals surface area contributed by atoms with E-state index in [0.717, 1.165) is 22.3 Å². The summed E-state index contributed by atoms with van der Waals surface area (Å²) in [4.78, 5) is 23.7. The Morgan fingerprint density at radius 2 is 1.51 bits per heavy atom. The Kier molecular flexibility index (Phi) is 7.64. The van der Waals surface area contributed by atoms with E-state index in [-0.39, 0.29) is 37.0 Å². The summed E-state index contributed by atoms with van der Waals surface area (Å²) in [6.45, 7) is -0.444. The predicted octanol–water partition coefficient (Wildman–Crippen LogP) is 3.17. The third-order valence-electron chi connectivity index (χ3n) is 5.97. The van der Waals surface area contributed by atoms with Crippen molar-refractivity contribution >= 4 is 12.1 Å². The van der Waals surface area contributed by atoms with Crippen LogP contribution in [0, 0.1) is 0 Å². The molecule has 0 radical (unpaired) electrons. The van der Waals surface area contributed by atoms with Crippen LogP contribution < -0.4 is 10.1 Å². The number of hydrogen-bond acceptors (Lipinski definition) is 7. The summed E-state index contributed by atoms with van der Waals surface area (Å²) in [6, 6.07) is 22.5. The molecule has 1 aliphatic carbocycles. The molecular weight excluding hydrogens is 450 g/mol. The molecule has 8 nitrogen and oxygen atoms in total. The first-order valence-corrected chi connectivity index (χ1v) is 11.2. The zero-order valence-electron chi connectivity index (χ0n) is 19.2. The summed E-state index contributed by atoms with van der Waals surface area (Å²) in [7, 11) is 1.24. The summed E-state index contributed by atoms with van der Waals surface area (Å²) in [5.41, 5.74) is 4.73. The number of fused-ring (bicyclic) bond motifs is 3. The summed E-state index contributed by atoms with van der Waals surface area (Å²) in [6.07, 6.45) is -3.40. The van der Waals surface area contributed by atoms with Crippen molar-refractivity contribution in [3.8, 4) is 16.9 Å². The van der Waals surface area contributed by atoms with Gasteiger partial charge in [-0.1, -0.05) is 66.7 Å². The fraction of sp³-hybridized carbons (Fsp3) is 0.259. The zero-order valence-corrected chi connectivity index (χ0v) is 19.2. The van der Waals surface area contributed by atoms with Crippen molar-refractivity contribution in [1.29, 1.82) is 0 Å². The Bertz CT molecular complexity index is 1150. The average Bonchev–Trinajstić information content (AvgIpc) is 3.22. The predicted molar refractivity (Wildman–Crippen MR) is 128 cm³/mol. The normalized spacial score (nSPS) is 13.8. The van der Waals surface area contributed by atoms with E-state index in [1.54, 1.807) is 24.3 Å². The van der Waals surface area contributed by atoms with Gasteiger partial charge >= 0.3 is 12.1 Å². The van der Waals surface area contributed by atoms with E-state index in [1.807, 2.05) is 36.4 Å². The molecule has 0 saturated heterocycles. The van der Waals surface area contributed by atoms with Crippen molar-refractivity contribution < 1.29 is 34.0 Å². The molecule has 0 fully saturated rings. The molecule has 3 aromatic carbocycles. The highest BCUT2D eigenvalue weighted by Gasteiger charge is 2.29. The number of aliphatic hydroxyl groups excluding tert-OH is 2. The third-order valence-corrected chi connectivity index (χ3v) is 5.97. The molecule has 0 bridgehead atoms. The van der Waals surface area contributed by atoms with Crippen LogP contribution in [0.25, 0.3) is 11.1 Å². The number of benzene rings is 3. The maximum atomic E-state index is 12.4. The molecule has 2 unspecified atom stereocenters. The minimum Gasteiger partial charge on any atom is -0.482 e. The summed E-state index contributed by atoms with van der Waals surface area (Å²) >= 11 is 0. The van der Waals surface area contributed by atoms with Crippen LogP contribution in [0.5, 0.6) is 5.75 Å². The largest absolute Gasteiger partial charge is 0.482 e. The number of alkyl carbamates (subject to hydrolysis) is 1. The first-order chi connectivity index (χ1) is 17.0. The second-order valence-electron chi connectivity index (χ2n) is 8.12. The molecule has 3 aromatic rings. The van der Waals surface area contributed by atoms with Gasteiger partial charge in [-0.25, -0.2) is 9.59 Å². The van der Waals surface area contributed by atoms with Crippen molar-refractivity contribution in [2.24, 2.45) is 0 Å². The number of amides is 1. The highest BCUT2D eigenvalue weighted by Crippen LogP contribution is 2.44. The molecule has 0 heterocycles. The Morgan fingerprint density at radius 1 is 0.914 bits per heavy atom. The van der Waals surface area contributed by atoms with Crippen molar-refractivity contribution in [3.63, 3.8) is 0 Å². The summed E-state index contributed by atoms with van der Waals surface area (Å²) in [5, 5.41) is 23.5. The molecule has 35 heavy (non-hydrogen) atoms. The standard InChI is InChI=1S/C27H27NO7/c1-33-25(30)16-34-24-13-7-6-12-21(24)26(31)23(29)14-28-27(32)35-15-22-19-10-4-2-8-17(19)18-9-3-5-11-20(18)22/h2-13,22-23,26,29,31H,14-16H2,1H3,(H,28,32). The van der Waals surface area contributed by atoms with Gasteiger partial charge in [0, 0.05) is 18.0 Å². The number of nitrogens with one attached hydrogen (secondary N) is 1. The van der Waals surface area contributed by atoms with Gasteiger partial charge in [-0.15, -0.1) is 0 Å². The topological polar surface area (TPSA) is 114 Å². The number of aliphatic hydroxyl groups is 2. The minimum atomic E-state index is -1.36. The lowest BCUT2D eigenvalue weighted by Gasteiger charge is -2.21. The summed E-state index contributed by atoms with van der Waals surface area (Å²) in [5.74, 6) is -0.431. The van der Waals surface area contributed by atoms with Crippen molar-refractivity contribution in [2.75, 3.05) is 26.9 Å². The van der Waals surface area contributed by atoms with Crippen molar-refractivity contribution in [1.82, 2.24) is 5.32 Å². The number of ether oxygens (including phenoxy) is 3. The maximum Gasteiger partial charge on any atom is 0.407 e. The van der Waals surface area contributed by atoms with Crippen LogP contribution in [0.4, 0.5) is 4.79 Å². The smallest absolute Gasteiger partial charge is 0.407 e. The Hall–Kier alpha value is -3.88. The van der Waals surface area contributed by atoms with E-state index in [1.165, 1.54) is 7.11 Å². The van der Waals surface area contributed by atoms with E-state index in [4.69, 9.17) is 9.47 Å². The van der Waals surface area contributed by atoms with E-state index in [0.29, 0.717) is 0 Å². The van der Waals surface area contributed by atoms with Crippen LogP contribution in [0.2, 0.25) is 0 Å². The van der Waals surface area contributed by atoms with Crippen LogP contribution >= 0.6 is 0 Å². The Balaban J connectivity index is 1.32. The molecule has 182 valence electrons. The van der Waals surface area contributed by atoms with Crippen molar-refractivity contribution in [2.45, 2.75) is 18.1 Å². The van der Waals surface area contributed by atoms with Gasteiger partial charge in [-0.2, -0.15) is 0 Å². The number of rotatable bonds is 9. The van der Waals surface area contributed by atoms with E-state index >= 15 is 0 Å². The van der Waals surface area contributed by atoms with Gasteiger partial charge in [-0.05, 0) is 28.3 Å². The highest BCUT2D eigenvalue weighted by molar-refractivity contribution is 5.79. The van der Waals surface area contributed by atoms with Gasteiger partial charge in [0.1, 0.15) is 24.6 Å². The van der Waals surface area contributed by atoms with Crippen LogP contribution in [0.3, 0.4) is 0 Å². The lowest BCUT2D eigenvalue weighted by atomic mass is 9.98. The third kappa shape index (κ3) is 5.45.